The minimum Gasteiger partial charge on any atom is -0.166 e. The van der Waals surface area contributed by atoms with Crippen LogP contribution in [0.1, 0.15) is 20.8 Å². The maximum atomic E-state index is 12.0. The van der Waals surface area contributed by atoms with Crippen molar-refractivity contribution in [2.24, 2.45) is 5.92 Å². The van der Waals surface area contributed by atoms with E-state index in [2.05, 4.69) is 6.58 Å². The zero-order valence-electron chi connectivity index (χ0n) is 7.50. The molecule has 0 spiro atoms. The van der Waals surface area contributed by atoms with Gasteiger partial charge in [0.2, 0.25) is 0 Å². The third-order valence-electron chi connectivity index (χ3n) is 1.59. The molecule has 0 aliphatic rings. The lowest BCUT2D eigenvalue weighted by molar-refractivity contribution is -0.0913. The van der Waals surface area contributed by atoms with E-state index >= 15 is 0 Å². The van der Waals surface area contributed by atoms with Gasteiger partial charge in [-0.15, -0.1) is 0 Å². The minimum absolute atomic E-state index is 0.0577. The van der Waals surface area contributed by atoms with Crippen LogP contribution >= 0.6 is 0 Å². The Hall–Kier alpha value is -0.730. The number of halogens is 3. The second kappa shape index (κ2) is 3.78. The molecular formula is C9H13F3. The van der Waals surface area contributed by atoms with Gasteiger partial charge in [0.25, 0.3) is 0 Å². The largest absolute Gasteiger partial charge is 0.412 e. The summed E-state index contributed by atoms with van der Waals surface area (Å²) in [6.45, 7) is 8.20. The van der Waals surface area contributed by atoms with Crippen molar-refractivity contribution in [2.45, 2.75) is 26.9 Å². The molecule has 0 nitrogen and oxygen atoms in total. The van der Waals surface area contributed by atoms with E-state index in [0.29, 0.717) is 5.57 Å². The van der Waals surface area contributed by atoms with Crippen LogP contribution in [0.15, 0.2) is 23.8 Å². The van der Waals surface area contributed by atoms with Gasteiger partial charge in [0.15, 0.2) is 0 Å². The first-order valence-corrected chi connectivity index (χ1v) is 3.69. The van der Waals surface area contributed by atoms with Gasteiger partial charge in [-0.2, -0.15) is 13.2 Å². The molecule has 0 atom stereocenters. The van der Waals surface area contributed by atoms with Crippen molar-refractivity contribution in [3.8, 4) is 0 Å². The average molecular weight is 178 g/mol. The quantitative estimate of drug-likeness (QED) is 0.565. The molecule has 0 aromatic heterocycles. The van der Waals surface area contributed by atoms with Crippen LogP contribution in [0.25, 0.3) is 0 Å². The van der Waals surface area contributed by atoms with Crippen molar-refractivity contribution >= 4 is 0 Å². The Labute approximate surface area is 70.8 Å². The van der Waals surface area contributed by atoms with E-state index in [1.54, 1.807) is 0 Å². The highest BCUT2D eigenvalue weighted by Gasteiger charge is 2.29. The van der Waals surface area contributed by atoms with Crippen LogP contribution in [0.3, 0.4) is 0 Å². The van der Waals surface area contributed by atoms with Gasteiger partial charge >= 0.3 is 6.18 Å². The van der Waals surface area contributed by atoms with Gasteiger partial charge in [-0.05, 0) is 12.8 Å². The van der Waals surface area contributed by atoms with Crippen molar-refractivity contribution in [1.82, 2.24) is 0 Å². The van der Waals surface area contributed by atoms with E-state index in [0.717, 1.165) is 13.0 Å². The van der Waals surface area contributed by atoms with E-state index in [4.69, 9.17) is 0 Å². The fourth-order valence-corrected chi connectivity index (χ4v) is 0.527. The van der Waals surface area contributed by atoms with Crippen LogP contribution in [0.4, 0.5) is 13.2 Å². The van der Waals surface area contributed by atoms with Crippen LogP contribution in [-0.2, 0) is 0 Å². The van der Waals surface area contributed by atoms with E-state index < -0.39 is 11.7 Å². The molecule has 0 fully saturated rings. The molecule has 0 unspecified atom stereocenters. The molecule has 0 aromatic carbocycles. The molecule has 0 saturated heterocycles. The van der Waals surface area contributed by atoms with E-state index in [9.17, 15) is 13.2 Å². The summed E-state index contributed by atoms with van der Waals surface area (Å²) in [4.78, 5) is 0. The van der Waals surface area contributed by atoms with Gasteiger partial charge < -0.3 is 0 Å². The molecule has 0 aromatic rings. The second-order valence-electron chi connectivity index (χ2n) is 3.05. The summed E-state index contributed by atoms with van der Waals surface area (Å²) in [6.07, 6.45) is -3.14. The lowest BCUT2D eigenvalue weighted by Crippen LogP contribution is -2.09. The number of hydrogen-bond acceptors (Lipinski definition) is 0. The second-order valence-corrected chi connectivity index (χ2v) is 3.05. The first-order valence-electron chi connectivity index (χ1n) is 3.69. The smallest absolute Gasteiger partial charge is 0.166 e. The number of allylic oxidation sites excluding steroid dienone is 3. The molecular weight excluding hydrogens is 165 g/mol. The molecule has 0 saturated carbocycles. The van der Waals surface area contributed by atoms with Gasteiger partial charge in [-0.1, -0.05) is 32.1 Å². The summed E-state index contributed by atoms with van der Waals surface area (Å²) in [7, 11) is 0. The normalized spacial score (nSPS) is 13.8. The SMILES string of the molecule is C=C(/C=C(\C)C(F)(F)F)C(C)C. The van der Waals surface area contributed by atoms with Gasteiger partial charge in [-0.3, -0.25) is 0 Å². The monoisotopic (exact) mass is 178 g/mol. The summed E-state index contributed by atoms with van der Waals surface area (Å²) in [5.74, 6) is 0.0577. The molecule has 0 N–H and O–H groups in total. The average Bonchev–Trinajstić information content (AvgIpc) is 1.85. The third kappa shape index (κ3) is 3.60. The van der Waals surface area contributed by atoms with E-state index in [1.807, 2.05) is 13.8 Å². The van der Waals surface area contributed by atoms with Gasteiger partial charge in [0.1, 0.15) is 0 Å². The number of alkyl halides is 3. The van der Waals surface area contributed by atoms with Crippen LogP contribution in [0.5, 0.6) is 0 Å². The van der Waals surface area contributed by atoms with Crippen molar-refractivity contribution in [1.29, 1.82) is 0 Å². The highest BCUT2D eigenvalue weighted by Crippen LogP contribution is 2.26. The molecule has 12 heavy (non-hydrogen) atoms. The Balaban J connectivity index is 4.48. The maximum absolute atomic E-state index is 12.0. The zero-order valence-corrected chi connectivity index (χ0v) is 7.50. The summed E-state index contributed by atoms with van der Waals surface area (Å²) in [5, 5.41) is 0. The lowest BCUT2D eigenvalue weighted by atomic mass is 10.0. The van der Waals surface area contributed by atoms with Crippen LogP contribution in [0.2, 0.25) is 0 Å². The predicted octanol–water partition coefficient (Wildman–Crippen LogP) is 3.71. The van der Waals surface area contributed by atoms with Crippen molar-refractivity contribution in [3.63, 3.8) is 0 Å². The topological polar surface area (TPSA) is 0 Å². The molecule has 3 heteroatoms. The standard InChI is InChI=1S/C9H13F3/c1-6(2)7(3)5-8(4)9(10,11)12/h5-6H,3H2,1-2,4H3/b8-5+. The van der Waals surface area contributed by atoms with Crippen molar-refractivity contribution in [2.75, 3.05) is 0 Å². The predicted molar refractivity (Wildman–Crippen MR) is 43.8 cm³/mol. The summed E-state index contributed by atoms with van der Waals surface area (Å²) in [6, 6.07) is 0. The number of rotatable bonds is 2. The fourth-order valence-electron chi connectivity index (χ4n) is 0.527. The Bertz CT molecular complexity index is 196. The molecule has 0 amide bonds. The molecule has 0 radical (unpaired) electrons. The van der Waals surface area contributed by atoms with E-state index in [-0.39, 0.29) is 5.92 Å². The Morgan fingerprint density at radius 2 is 1.75 bits per heavy atom. The molecule has 70 valence electrons. The van der Waals surface area contributed by atoms with E-state index in [1.165, 1.54) is 0 Å². The number of hydrogen-bond donors (Lipinski definition) is 0. The summed E-state index contributed by atoms with van der Waals surface area (Å²) < 4.78 is 35.9. The molecule has 0 aliphatic carbocycles. The summed E-state index contributed by atoms with van der Waals surface area (Å²) >= 11 is 0. The molecule has 0 heterocycles. The fraction of sp³-hybridized carbons (Fsp3) is 0.556. The highest BCUT2D eigenvalue weighted by molar-refractivity contribution is 5.23. The van der Waals surface area contributed by atoms with Crippen LogP contribution < -0.4 is 0 Å². The Kier molecular flexibility index (Phi) is 3.55. The maximum Gasteiger partial charge on any atom is 0.412 e. The Morgan fingerprint density at radius 3 is 2.00 bits per heavy atom. The molecule has 0 rings (SSSR count). The zero-order chi connectivity index (χ0) is 9.94. The van der Waals surface area contributed by atoms with Gasteiger partial charge in [0, 0.05) is 5.57 Å². The Morgan fingerprint density at radius 1 is 1.33 bits per heavy atom. The highest BCUT2D eigenvalue weighted by atomic mass is 19.4. The summed E-state index contributed by atoms with van der Waals surface area (Å²) in [5.41, 5.74) is -0.0916. The first kappa shape index (κ1) is 11.3. The lowest BCUT2D eigenvalue weighted by Gasteiger charge is -2.09. The van der Waals surface area contributed by atoms with Gasteiger partial charge in [-0.25, -0.2) is 0 Å². The van der Waals surface area contributed by atoms with Crippen molar-refractivity contribution in [3.05, 3.63) is 23.8 Å². The third-order valence-corrected chi connectivity index (χ3v) is 1.59. The van der Waals surface area contributed by atoms with Crippen molar-refractivity contribution < 1.29 is 13.2 Å². The molecule has 0 bridgehead atoms. The van der Waals surface area contributed by atoms with Crippen LogP contribution in [-0.4, -0.2) is 6.18 Å². The minimum atomic E-state index is -4.22. The first-order chi connectivity index (χ1) is 5.25. The van der Waals surface area contributed by atoms with Crippen LogP contribution in [0, 0.1) is 5.92 Å². The molecule has 0 aliphatic heterocycles. The van der Waals surface area contributed by atoms with Gasteiger partial charge in [0.05, 0.1) is 0 Å².